The Bertz CT molecular complexity index is 429. The van der Waals surface area contributed by atoms with Crippen molar-refractivity contribution in [2.45, 2.75) is 32.2 Å². The van der Waals surface area contributed by atoms with Crippen molar-refractivity contribution in [3.05, 3.63) is 17.7 Å². The maximum Gasteiger partial charge on any atom is 0.270 e. The van der Waals surface area contributed by atoms with Crippen molar-refractivity contribution in [2.24, 2.45) is 7.05 Å². The van der Waals surface area contributed by atoms with Gasteiger partial charge in [0.2, 0.25) is 0 Å². The zero-order valence-corrected chi connectivity index (χ0v) is 12.0. The Morgan fingerprint density at radius 1 is 1.50 bits per heavy atom. The molecule has 0 aliphatic carbocycles. The highest BCUT2D eigenvalue weighted by Crippen LogP contribution is 2.23. The number of aryl methyl sites for hydroxylation is 2. The van der Waals surface area contributed by atoms with E-state index in [0.29, 0.717) is 5.69 Å². The van der Waals surface area contributed by atoms with Crippen molar-refractivity contribution >= 4 is 18.7 Å². The number of aromatic nitrogens is 2. The largest absolute Gasteiger partial charge is 0.345 e. The highest BCUT2D eigenvalue weighted by Gasteiger charge is 2.31. The van der Waals surface area contributed by atoms with Crippen LogP contribution in [0.4, 0.5) is 0 Å². The van der Waals surface area contributed by atoms with E-state index < -0.39 is 0 Å². The van der Waals surface area contributed by atoms with E-state index in [1.807, 2.05) is 18.3 Å². The number of amides is 1. The zero-order chi connectivity index (χ0) is 13.3. The van der Waals surface area contributed by atoms with E-state index in [1.54, 1.807) is 10.9 Å². The molecule has 0 spiro atoms. The third kappa shape index (κ3) is 2.70. The van der Waals surface area contributed by atoms with Gasteiger partial charge in [-0.3, -0.25) is 9.10 Å². The van der Waals surface area contributed by atoms with Gasteiger partial charge < -0.3 is 9.88 Å². The van der Waals surface area contributed by atoms with Gasteiger partial charge >= 0.3 is 0 Å². The van der Waals surface area contributed by atoms with Crippen molar-refractivity contribution in [2.75, 3.05) is 13.1 Å². The van der Waals surface area contributed by atoms with E-state index in [9.17, 15) is 4.79 Å². The zero-order valence-electron chi connectivity index (χ0n) is 11.1. The molecule has 0 saturated carbocycles. The summed E-state index contributed by atoms with van der Waals surface area (Å²) in [5, 5.41) is 3.14. The summed E-state index contributed by atoms with van der Waals surface area (Å²) >= 11 is 4.33. The normalized spacial score (nSPS) is 19.8. The lowest BCUT2D eigenvalue weighted by molar-refractivity contribution is 0.0865. The average Bonchev–Trinajstić information content (AvgIpc) is 2.63. The van der Waals surface area contributed by atoms with Crippen molar-refractivity contribution in [3.63, 3.8) is 0 Å². The summed E-state index contributed by atoms with van der Waals surface area (Å²) in [5.74, 6) is -0.0392. The summed E-state index contributed by atoms with van der Waals surface area (Å²) < 4.78 is 3.75. The van der Waals surface area contributed by atoms with Crippen LogP contribution in [0.2, 0.25) is 0 Å². The summed E-state index contributed by atoms with van der Waals surface area (Å²) in [5.41, 5.74) is 1.27. The van der Waals surface area contributed by atoms with Gasteiger partial charge in [-0.05, 0) is 26.7 Å². The summed E-state index contributed by atoms with van der Waals surface area (Å²) in [7, 11) is 1.84. The molecule has 1 fully saturated rings. The molecule has 6 heteroatoms. The Hall–Kier alpha value is -1.01. The summed E-state index contributed by atoms with van der Waals surface area (Å²) in [6, 6.07) is 0. The molecule has 1 saturated heterocycles. The fourth-order valence-electron chi connectivity index (χ4n) is 2.32. The van der Waals surface area contributed by atoms with E-state index in [0.717, 1.165) is 31.6 Å². The molecule has 1 N–H and O–H groups in total. The molecule has 2 heterocycles. The van der Waals surface area contributed by atoms with E-state index in [2.05, 4.69) is 30.0 Å². The van der Waals surface area contributed by atoms with Gasteiger partial charge in [-0.1, -0.05) is 12.8 Å². The van der Waals surface area contributed by atoms with Crippen LogP contribution in [0, 0.1) is 6.92 Å². The molecule has 100 valence electrons. The van der Waals surface area contributed by atoms with Crippen molar-refractivity contribution < 1.29 is 4.79 Å². The van der Waals surface area contributed by atoms with Crippen LogP contribution < -0.4 is 5.32 Å². The van der Waals surface area contributed by atoms with Gasteiger partial charge in [-0.15, -0.1) is 0 Å². The van der Waals surface area contributed by atoms with Gasteiger partial charge in [0.15, 0.2) is 0 Å². The van der Waals surface area contributed by atoms with E-state index in [-0.39, 0.29) is 11.4 Å². The second-order valence-electron chi connectivity index (χ2n) is 5.26. The molecular weight excluding hydrogens is 248 g/mol. The van der Waals surface area contributed by atoms with E-state index >= 15 is 0 Å². The minimum absolute atomic E-state index is 0.0392. The van der Waals surface area contributed by atoms with Crippen LogP contribution >= 0.6 is 12.8 Å². The van der Waals surface area contributed by atoms with Gasteiger partial charge in [-0.25, -0.2) is 4.98 Å². The standard InChI is InChI=1S/C12H20N4OS/c1-9-10(15(3)8-13-9)11(17)14-12(2)4-6-16(18)7-5-12/h8,18H,4-7H2,1-3H3,(H,14,17). The number of hydrogen-bond donors (Lipinski definition) is 2. The Kier molecular flexibility index (Phi) is 3.68. The Balaban J connectivity index is 2.08. The first kappa shape index (κ1) is 13.4. The number of hydrogen-bond acceptors (Lipinski definition) is 4. The lowest BCUT2D eigenvalue weighted by atomic mass is 9.90. The number of carbonyl (C=O) groups is 1. The molecular formula is C12H20N4OS. The maximum atomic E-state index is 12.3. The van der Waals surface area contributed by atoms with Gasteiger partial charge in [0, 0.05) is 25.7 Å². The Morgan fingerprint density at radius 2 is 2.11 bits per heavy atom. The average molecular weight is 268 g/mol. The first-order valence-corrected chi connectivity index (χ1v) is 6.55. The number of nitrogens with zero attached hydrogens (tertiary/aromatic N) is 3. The van der Waals surface area contributed by atoms with Gasteiger partial charge in [-0.2, -0.15) is 0 Å². The van der Waals surface area contributed by atoms with Crippen LogP contribution in [0.25, 0.3) is 0 Å². The van der Waals surface area contributed by atoms with Crippen LogP contribution in [0.3, 0.4) is 0 Å². The molecule has 0 atom stereocenters. The second-order valence-corrected chi connectivity index (χ2v) is 5.82. The number of nitrogens with one attached hydrogen (secondary N) is 1. The molecule has 0 unspecified atom stereocenters. The molecule has 0 radical (unpaired) electrons. The molecule has 0 aromatic carbocycles. The van der Waals surface area contributed by atoms with Crippen LogP contribution in [-0.4, -0.2) is 38.4 Å². The highest BCUT2D eigenvalue weighted by atomic mass is 32.1. The third-order valence-corrected chi connectivity index (χ3v) is 3.99. The molecule has 1 amide bonds. The molecule has 5 nitrogen and oxygen atoms in total. The Labute approximate surface area is 113 Å². The molecule has 1 aliphatic rings. The van der Waals surface area contributed by atoms with Gasteiger partial charge in [0.25, 0.3) is 5.91 Å². The summed E-state index contributed by atoms with van der Waals surface area (Å²) in [6.07, 6.45) is 3.50. The van der Waals surface area contributed by atoms with Crippen LogP contribution in [0.5, 0.6) is 0 Å². The molecule has 1 aromatic rings. The number of carbonyl (C=O) groups excluding carboxylic acids is 1. The fraction of sp³-hybridized carbons (Fsp3) is 0.667. The van der Waals surface area contributed by atoms with Crippen molar-refractivity contribution in [1.82, 2.24) is 19.2 Å². The monoisotopic (exact) mass is 268 g/mol. The van der Waals surface area contributed by atoms with Crippen molar-refractivity contribution in [1.29, 1.82) is 0 Å². The third-order valence-electron chi connectivity index (χ3n) is 3.59. The number of thiol groups is 1. The molecule has 1 aromatic heterocycles. The fourth-order valence-corrected chi connectivity index (χ4v) is 2.52. The maximum absolute atomic E-state index is 12.3. The summed E-state index contributed by atoms with van der Waals surface area (Å²) in [6.45, 7) is 5.74. The van der Waals surface area contributed by atoms with Gasteiger partial charge in [0.05, 0.1) is 12.0 Å². The lowest BCUT2D eigenvalue weighted by Crippen LogP contribution is -2.52. The molecule has 0 bridgehead atoms. The lowest BCUT2D eigenvalue weighted by Gasteiger charge is -2.37. The Morgan fingerprint density at radius 3 is 2.61 bits per heavy atom. The van der Waals surface area contributed by atoms with Crippen LogP contribution in [0.1, 0.15) is 35.9 Å². The smallest absolute Gasteiger partial charge is 0.270 e. The minimum atomic E-state index is -0.146. The number of imidazole rings is 1. The van der Waals surface area contributed by atoms with Crippen LogP contribution in [-0.2, 0) is 7.05 Å². The topological polar surface area (TPSA) is 50.2 Å². The number of piperidine rings is 1. The minimum Gasteiger partial charge on any atom is -0.345 e. The first-order chi connectivity index (χ1) is 8.41. The predicted octanol–water partition coefficient (Wildman–Crippen LogP) is 1.16. The summed E-state index contributed by atoms with van der Waals surface area (Å²) in [4.78, 5) is 16.4. The number of rotatable bonds is 2. The molecule has 1 aliphatic heterocycles. The quantitative estimate of drug-likeness (QED) is 0.791. The SMILES string of the molecule is Cc1ncn(C)c1C(=O)NC1(C)CCN(S)CC1. The highest BCUT2D eigenvalue weighted by molar-refractivity contribution is 7.77. The molecule has 2 rings (SSSR count). The molecule has 18 heavy (non-hydrogen) atoms. The van der Waals surface area contributed by atoms with Crippen LogP contribution in [0.15, 0.2) is 6.33 Å². The van der Waals surface area contributed by atoms with E-state index in [4.69, 9.17) is 0 Å². The second kappa shape index (κ2) is 4.93. The first-order valence-electron chi connectivity index (χ1n) is 6.15. The van der Waals surface area contributed by atoms with E-state index in [1.165, 1.54) is 0 Å². The van der Waals surface area contributed by atoms with Gasteiger partial charge in [0.1, 0.15) is 5.69 Å². The predicted molar refractivity (Wildman–Crippen MR) is 73.6 cm³/mol. The van der Waals surface area contributed by atoms with Crippen molar-refractivity contribution in [3.8, 4) is 0 Å².